The molecule has 1 aliphatic rings. The average molecular weight is 415 g/mol. The molecule has 3 aromatic rings. The van der Waals surface area contributed by atoms with Gasteiger partial charge in [0.2, 0.25) is 5.89 Å². The van der Waals surface area contributed by atoms with E-state index in [2.05, 4.69) is 21.6 Å². The molecule has 1 aliphatic heterocycles. The maximum atomic E-state index is 13.8. The van der Waals surface area contributed by atoms with Gasteiger partial charge in [0.15, 0.2) is 9.84 Å². The summed E-state index contributed by atoms with van der Waals surface area (Å²) in [4.78, 5) is 0. The van der Waals surface area contributed by atoms with Crippen LogP contribution >= 0.6 is 0 Å². The Hall–Kier alpha value is -3.19. The van der Waals surface area contributed by atoms with Crippen molar-refractivity contribution >= 4 is 21.7 Å². The Bertz CT molecular complexity index is 1240. The van der Waals surface area contributed by atoms with Crippen molar-refractivity contribution < 1.29 is 17.2 Å². The molecule has 2 aromatic heterocycles. The van der Waals surface area contributed by atoms with Gasteiger partial charge in [0, 0.05) is 5.69 Å². The molecule has 3 heterocycles. The minimum absolute atomic E-state index is 0.0179. The second kappa shape index (κ2) is 7.00. The van der Waals surface area contributed by atoms with Crippen LogP contribution in [-0.2, 0) is 9.84 Å². The van der Waals surface area contributed by atoms with Crippen LogP contribution in [-0.4, -0.2) is 34.7 Å². The first-order chi connectivity index (χ1) is 13.8. The van der Waals surface area contributed by atoms with Crippen molar-refractivity contribution in [2.24, 2.45) is 0 Å². The van der Waals surface area contributed by atoms with Gasteiger partial charge in [-0.15, -0.1) is 5.10 Å². The molecule has 0 amide bonds. The molecule has 10 heteroatoms. The summed E-state index contributed by atoms with van der Waals surface area (Å²) in [6, 6.07) is 8.21. The van der Waals surface area contributed by atoms with E-state index in [4.69, 9.17) is 4.42 Å². The Balaban J connectivity index is 1.73. The maximum absolute atomic E-state index is 13.8. The molecule has 1 aromatic carbocycles. The van der Waals surface area contributed by atoms with Crippen LogP contribution in [0.4, 0.5) is 16.2 Å². The second-order valence-electron chi connectivity index (χ2n) is 7.03. The number of rotatable bonds is 4. The number of nitriles is 1. The number of nitrogens with zero attached hydrogens (tertiary/aromatic N) is 4. The van der Waals surface area contributed by atoms with Crippen molar-refractivity contribution in [1.82, 2.24) is 14.8 Å². The Kier molecular flexibility index (Phi) is 4.62. The monoisotopic (exact) mass is 415 g/mol. The summed E-state index contributed by atoms with van der Waals surface area (Å²) >= 11 is 0. The normalized spacial score (nSPS) is 17.9. The molecule has 0 spiro atoms. The lowest BCUT2D eigenvalue weighted by Crippen LogP contribution is -2.04. The van der Waals surface area contributed by atoms with Crippen LogP contribution in [0.1, 0.15) is 35.1 Å². The van der Waals surface area contributed by atoms with E-state index in [9.17, 15) is 18.1 Å². The maximum Gasteiger partial charge on any atom is 0.321 e. The van der Waals surface area contributed by atoms with Crippen molar-refractivity contribution in [3.05, 3.63) is 52.8 Å². The lowest BCUT2D eigenvalue weighted by atomic mass is 10.1. The number of aromatic nitrogens is 3. The van der Waals surface area contributed by atoms with Gasteiger partial charge in [0.1, 0.15) is 17.7 Å². The minimum atomic E-state index is -3.08. The fourth-order valence-corrected chi connectivity index (χ4v) is 5.27. The summed E-state index contributed by atoms with van der Waals surface area (Å²) < 4.78 is 44.5. The number of hydrogen-bond donors (Lipinski definition) is 1. The van der Waals surface area contributed by atoms with Crippen LogP contribution in [0.2, 0.25) is 0 Å². The SMILES string of the molecule is Cc1c(C#N)c(Nc2nnc([C@@H]3CCS(=O)(=O)C3)o2)n(-c2cccc(F)c2)c1C. The van der Waals surface area contributed by atoms with E-state index in [0.717, 1.165) is 11.3 Å². The number of anilines is 2. The molecular formula is C19H18FN5O3S. The molecular weight excluding hydrogens is 397 g/mol. The summed E-state index contributed by atoms with van der Waals surface area (Å²) in [5.41, 5.74) is 2.41. The van der Waals surface area contributed by atoms with Gasteiger partial charge in [0.25, 0.3) is 0 Å². The molecule has 0 radical (unpaired) electrons. The largest absolute Gasteiger partial charge is 0.408 e. The van der Waals surface area contributed by atoms with E-state index in [1.807, 2.05) is 6.92 Å². The third-order valence-corrected chi connectivity index (χ3v) is 6.91. The summed E-state index contributed by atoms with van der Waals surface area (Å²) in [5.74, 6) is -0.0399. The average Bonchev–Trinajstić information content (AvgIpc) is 3.33. The Morgan fingerprint density at radius 2 is 2.14 bits per heavy atom. The quantitative estimate of drug-likeness (QED) is 0.696. The molecule has 29 heavy (non-hydrogen) atoms. The topological polar surface area (TPSA) is 114 Å². The fraction of sp³-hybridized carbons (Fsp3) is 0.316. The summed E-state index contributed by atoms with van der Waals surface area (Å²) in [6.07, 6.45) is 0.436. The molecule has 1 N–H and O–H groups in total. The van der Waals surface area contributed by atoms with Crippen molar-refractivity contribution in [1.29, 1.82) is 5.26 Å². The fourth-order valence-electron chi connectivity index (χ4n) is 3.54. The highest BCUT2D eigenvalue weighted by Crippen LogP contribution is 2.33. The van der Waals surface area contributed by atoms with Crippen LogP contribution < -0.4 is 5.32 Å². The zero-order valence-electron chi connectivity index (χ0n) is 15.8. The van der Waals surface area contributed by atoms with Gasteiger partial charge in [-0.1, -0.05) is 11.2 Å². The van der Waals surface area contributed by atoms with Gasteiger partial charge in [0.05, 0.1) is 28.7 Å². The van der Waals surface area contributed by atoms with Gasteiger partial charge in [-0.2, -0.15) is 5.26 Å². The Morgan fingerprint density at radius 1 is 1.34 bits per heavy atom. The van der Waals surface area contributed by atoms with Gasteiger partial charge in [-0.3, -0.25) is 9.88 Å². The number of sulfone groups is 1. The Labute approximate surface area is 166 Å². The van der Waals surface area contributed by atoms with E-state index in [-0.39, 0.29) is 29.3 Å². The van der Waals surface area contributed by atoms with Crippen LogP contribution in [0.15, 0.2) is 28.7 Å². The van der Waals surface area contributed by atoms with Crippen molar-refractivity contribution in [2.45, 2.75) is 26.2 Å². The summed E-state index contributed by atoms with van der Waals surface area (Å²) in [6.45, 7) is 3.63. The van der Waals surface area contributed by atoms with E-state index in [1.165, 1.54) is 12.1 Å². The first kappa shape index (κ1) is 19.1. The highest BCUT2D eigenvalue weighted by molar-refractivity contribution is 7.91. The summed E-state index contributed by atoms with van der Waals surface area (Å²) in [7, 11) is -3.08. The second-order valence-corrected chi connectivity index (χ2v) is 9.26. The molecule has 1 atom stereocenters. The highest BCUT2D eigenvalue weighted by atomic mass is 32.2. The van der Waals surface area contributed by atoms with E-state index >= 15 is 0 Å². The van der Waals surface area contributed by atoms with Crippen LogP contribution in [0, 0.1) is 31.0 Å². The number of benzene rings is 1. The number of nitrogens with one attached hydrogen (secondary N) is 1. The predicted octanol–water partition coefficient (Wildman–Crippen LogP) is 3.13. The van der Waals surface area contributed by atoms with Gasteiger partial charge < -0.3 is 4.42 Å². The molecule has 0 bridgehead atoms. The lowest BCUT2D eigenvalue weighted by molar-refractivity contribution is 0.472. The van der Waals surface area contributed by atoms with Crippen molar-refractivity contribution in [2.75, 3.05) is 16.8 Å². The van der Waals surface area contributed by atoms with Gasteiger partial charge in [-0.05, 0) is 44.0 Å². The first-order valence-corrected chi connectivity index (χ1v) is 10.8. The zero-order valence-corrected chi connectivity index (χ0v) is 16.6. The minimum Gasteiger partial charge on any atom is -0.408 e. The number of halogens is 1. The molecule has 8 nitrogen and oxygen atoms in total. The summed E-state index contributed by atoms with van der Waals surface area (Å²) in [5, 5.41) is 20.5. The first-order valence-electron chi connectivity index (χ1n) is 8.98. The van der Waals surface area contributed by atoms with Crippen LogP contribution in [0.3, 0.4) is 0 Å². The molecule has 1 fully saturated rings. The lowest BCUT2D eigenvalue weighted by Gasteiger charge is -2.12. The predicted molar refractivity (Wildman–Crippen MR) is 104 cm³/mol. The smallest absolute Gasteiger partial charge is 0.321 e. The highest BCUT2D eigenvalue weighted by Gasteiger charge is 2.33. The molecule has 1 saturated heterocycles. The standard InChI is InChI=1S/C19H18FN5O3S/c1-11-12(2)25(15-5-3-4-14(20)8-15)17(16(11)9-21)22-19-24-23-18(28-19)13-6-7-29(26,27)10-13/h3-5,8,13H,6-7,10H2,1-2H3,(H,22,24)/t13-/m1/s1. The molecule has 4 rings (SSSR count). The third kappa shape index (κ3) is 3.49. The van der Waals surface area contributed by atoms with Gasteiger partial charge in [-0.25, -0.2) is 12.8 Å². The molecule has 0 saturated carbocycles. The third-order valence-electron chi connectivity index (χ3n) is 5.14. The van der Waals surface area contributed by atoms with Crippen molar-refractivity contribution in [3.8, 4) is 11.8 Å². The van der Waals surface area contributed by atoms with Gasteiger partial charge >= 0.3 is 6.01 Å². The zero-order chi connectivity index (χ0) is 20.8. The number of hydrogen-bond acceptors (Lipinski definition) is 7. The van der Waals surface area contributed by atoms with Crippen molar-refractivity contribution in [3.63, 3.8) is 0 Å². The Morgan fingerprint density at radius 3 is 2.79 bits per heavy atom. The van der Waals surface area contributed by atoms with E-state index in [0.29, 0.717) is 23.5 Å². The molecule has 0 unspecified atom stereocenters. The molecule has 0 aliphatic carbocycles. The van der Waals surface area contributed by atoms with E-state index < -0.39 is 15.7 Å². The van der Waals surface area contributed by atoms with Crippen LogP contribution in [0.5, 0.6) is 0 Å². The van der Waals surface area contributed by atoms with Crippen LogP contribution in [0.25, 0.3) is 5.69 Å². The molecule has 150 valence electrons. The van der Waals surface area contributed by atoms with E-state index in [1.54, 1.807) is 23.6 Å².